The number of ether oxygens (including phenoxy) is 2. The van der Waals surface area contributed by atoms with Crippen molar-refractivity contribution in [2.24, 2.45) is 0 Å². The number of hydrogen-bond donors (Lipinski definition) is 0. The molecule has 5 aromatic rings. The van der Waals surface area contributed by atoms with E-state index in [-0.39, 0.29) is 0 Å². The predicted molar refractivity (Wildman–Crippen MR) is 157 cm³/mol. The predicted octanol–water partition coefficient (Wildman–Crippen LogP) is 8.76. The fraction of sp³-hybridized carbons (Fsp3) is 0.114. The Bertz CT molecular complexity index is 1690. The molecule has 0 saturated carbocycles. The number of allylic oxidation sites excluding steroid dienone is 2. The highest BCUT2D eigenvalue weighted by atomic mass is 16.5. The number of hydrogen-bond acceptors (Lipinski definition) is 3. The van der Waals surface area contributed by atoms with Crippen LogP contribution in [0.3, 0.4) is 0 Å². The van der Waals surface area contributed by atoms with Gasteiger partial charge in [-0.25, -0.2) is 0 Å². The summed E-state index contributed by atoms with van der Waals surface area (Å²) in [5, 5.41) is 14.6. The topological polar surface area (TPSA) is 42.2 Å². The molecule has 3 nitrogen and oxygen atoms in total. The summed E-state index contributed by atoms with van der Waals surface area (Å²) in [5.41, 5.74) is 4.43. The van der Waals surface area contributed by atoms with Gasteiger partial charge in [0.2, 0.25) is 0 Å². The van der Waals surface area contributed by atoms with Crippen LogP contribution >= 0.6 is 0 Å². The second-order valence-corrected chi connectivity index (χ2v) is 9.09. The van der Waals surface area contributed by atoms with Crippen LogP contribution in [0.25, 0.3) is 33.2 Å². The molecule has 0 aliphatic heterocycles. The van der Waals surface area contributed by atoms with Crippen LogP contribution in [0.5, 0.6) is 11.5 Å². The van der Waals surface area contributed by atoms with Crippen LogP contribution in [0.15, 0.2) is 110 Å². The van der Waals surface area contributed by atoms with E-state index in [1.54, 1.807) is 0 Å². The van der Waals surface area contributed by atoms with Crippen molar-refractivity contribution in [1.29, 1.82) is 5.26 Å². The number of nitrogens with zero attached hydrogens (tertiary/aromatic N) is 1. The molecule has 0 radical (unpaired) electrons. The first-order chi connectivity index (χ1) is 18.7. The maximum atomic E-state index is 10.0. The van der Waals surface area contributed by atoms with Crippen molar-refractivity contribution in [3.8, 4) is 17.6 Å². The lowest BCUT2D eigenvalue weighted by Crippen LogP contribution is -2.04. The Labute approximate surface area is 223 Å². The molecule has 0 unspecified atom stereocenters. The first kappa shape index (κ1) is 24.9. The van der Waals surface area contributed by atoms with Crippen LogP contribution in [-0.4, -0.2) is 6.61 Å². The van der Waals surface area contributed by atoms with Gasteiger partial charge in [0.1, 0.15) is 6.61 Å². The van der Waals surface area contributed by atoms with Crippen molar-refractivity contribution in [2.45, 2.75) is 20.0 Å². The molecule has 0 N–H and O–H groups in total. The summed E-state index contributed by atoms with van der Waals surface area (Å²) in [7, 11) is 0. The van der Waals surface area contributed by atoms with Crippen molar-refractivity contribution in [3.05, 3.63) is 132 Å². The summed E-state index contributed by atoms with van der Waals surface area (Å²) >= 11 is 0. The molecule has 0 amide bonds. The molecule has 3 heteroatoms. The lowest BCUT2D eigenvalue weighted by molar-refractivity contribution is 0.268. The van der Waals surface area contributed by atoms with Crippen LogP contribution in [0, 0.1) is 11.3 Å². The van der Waals surface area contributed by atoms with Gasteiger partial charge >= 0.3 is 0 Å². The summed E-state index contributed by atoms with van der Waals surface area (Å²) in [4.78, 5) is 0. The summed E-state index contributed by atoms with van der Waals surface area (Å²) in [6, 6.07) is 35.2. The van der Waals surface area contributed by atoms with Crippen molar-refractivity contribution in [2.75, 3.05) is 6.61 Å². The van der Waals surface area contributed by atoms with Crippen molar-refractivity contribution >= 4 is 33.2 Å². The van der Waals surface area contributed by atoms with Gasteiger partial charge in [-0.2, -0.15) is 5.26 Å². The molecule has 0 fully saturated rings. The molecular weight excluding hydrogens is 466 g/mol. The van der Waals surface area contributed by atoms with E-state index in [0.717, 1.165) is 33.0 Å². The lowest BCUT2D eigenvalue weighted by atomic mass is 9.98. The van der Waals surface area contributed by atoms with E-state index in [1.807, 2.05) is 55.5 Å². The summed E-state index contributed by atoms with van der Waals surface area (Å²) in [5.74, 6) is 1.37. The molecule has 0 heterocycles. The molecular formula is C35H29NO2. The monoisotopic (exact) mass is 495 g/mol. The minimum Gasteiger partial charge on any atom is -0.490 e. The first-order valence-electron chi connectivity index (χ1n) is 12.8. The number of benzene rings is 5. The van der Waals surface area contributed by atoms with E-state index < -0.39 is 0 Å². The Morgan fingerprint density at radius 2 is 1.58 bits per heavy atom. The Hall–Kier alpha value is -4.81. The smallest absolute Gasteiger partial charge is 0.165 e. The zero-order chi connectivity index (χ0) is 26.3. The molecule has 0 aromatic heterocycles. The molecule has 0 aliphatic rings. The van der Waals surface area contributed by atoms with Gasteiger partial charge in [-0.15, -0.1) is 6.58 Å². The molecule has 0 spiro atoms. The zero-order valence-corrected chi connectivity index (χ0v) is 21.5. The number of nitriles is 1. The van der Waals surface area contributed by atoms with Crippen LogP contribution < -0.4 is 9.47 Å². The van der Waals surface area contributed by atoms with Gasteiger partial charge in [-0.1, -0.05) is 84.9 Å². The second kappa shape index (κ2) is 11.5. The maximum absolute atomic E-state index is 10.0. The van der Waals surface area contributed by atoms with Crippen molar-refractivity contribution < 1.29 is 9.47 Å². The van der Waals surface area contributed by atoms with E-state index in [1.165, 1.54) is 10.8 Å². The summed E-state index contributed by atoms with van der Waals surface area (Å²) in [6.45, 7) is 6.83. The van der Waals surface area contributed by atoms with Gasteiger partial charge in [-0.05, 0) is 75.9 Å². The van der Waals surface area contributed by atoms with Gasteiger partial charge in [0, 0.05) is 5.56 Å². The average molecular weight is 496 g/mol. The van der Waals surface area contributed by atoms with E-state index in [0.29, 0.717) is 36.7 Å². The van der Waals surface area contributed by atoms with Crippen LogP contribution in [0.2, 0.25) is 0 Å². The van der Waals surface area contributed by atoms with Gasteiger partial charge in [0.25, 0.3) is 0 Å². The van der Waals surface area contributed by atoms with Gasteiger partial charge < -0.3 is 9.47 Å². The zero-order valence-electron chi connectivity index (χ0n) is 21.5. The standard InChI is InChI=1S/C35H29NO2/c1-3-10-30-19-25(20-32(23-36)29-18-17-26-11-5-6-13-28(26)22-29)21-34(37-4-2)35(30)38-24-31-15-9-14-27-12-7-8-16-33(27)31/h3,5-9,11-22H,1,4,10,24H2,2H3/b32-20-. The van der Waals surface area contributed by atoms with Gasteiger partial charge in [0.15, 0.2) is 11.5 Å². The maximum Gasteiger partial charge on any atom is 0.165 e. The highest BCUT2D eigenvalue weighted by Crippen LogP contribution is 2.36. The first-order valence-corrected chi connectivity index (χ1v) is 12.8. The molecule has 38 heavy (non-hydrogen) atoms. The normalized spacial score (nSPS) is 11.3. The summed E-state index contributed by atoms with van der Waals surface area (Å²) in [6.07, 6.45) is 4.38. The Balaban J connectivity index is 1.52. The third-order valence-corrected chi connectivity index (χ3v) is 6.56. The van der Waals surface area contributed by atoms with Crippen molar-refractivity contribution in [3.63, 3.8) is 0 Å². The summed E-state index contributed by atoms with van der Waals surface area (Å²) < 4.78 is 12.5. The largest absolute Gasteiger partial charge is 0.490 e. The van der Waals surface area contributed by atoms with Crippen LogP contribution in [-0.2, 0) is 13.0 Å². The fourth-order valence-corrected chi connectivity index (χ4v) is 4.77. The highest BCUT2D eigenvalue weighted by molar-refractivity contribution is 5.94. The van der Waals surface area contributed by atoms with Gasteiger partial charge in [0.05, 0.1) is 18.2 Å². The van der Waals surface area contributed by atoms with Crippen LogP contribution in [0.1, 0.15) is 29.2 Å². The van der Waals surface area contributed by atoms with E-state index in [9.17, 15) is 5.26 Å². The quantitative estimate of drug-likeness (QED) is 0.117. The molecule has 0 bridgehead atoms. The molecule has 5 rings (SSSR count). The minimum absolute atomic E-state index is 0.418. The highest BCUT2D eigenvalue weighted by Gasteiger charge is 2.15. The molecule has 0 aliphatic carbocycles. The minimum atomic E-state index is 0.418. The second-order valence-electron chi connectivity index (χ2n) is 9.09. The Kier molecular flexibility index (Phi) is 7.52. The van der Waals surface area contributed by atoms with E-state index in [2.05, 4.69) is 73.3 Å². The third kappa shape index (κ3) is 5.31. The Morgan fingerprint density at radius 1 is 0.816 bits per heavy atom. The Morgan fingerprint density at radius 3 is 2.37 bits per heavy atom. The van der Waals surface area contributed by atoms with Crippen LogP contribution in [0.4, 0.5) is 0 Å². The van der Waals surface area contributed by atoms with E-state index in [4.69, 9.17) is 9.47 Å². The lowest BCUT2D eigenvalue weighted by Gasteiger charge is -2.18. The number of fused-ring (bicyclic) bond motifs is 2. The average Bonchev–Trinajstić information content (AvgIpc) is 2.95. The number of rotatable bonds is 9. The third-order valence-electron chi connectivity index (χ3n) is 6.56. The van der Waals surface area contributed by atoms with E-state index >= 15 is 0 Å². The molecule has 0 saturated heterocycles. The molecule has 186 valence electrons. The molecule has 0 atom stereocenters. The fourth-order valence-electron chi connectivity index (χ4n) is 4.77. The molecule has 5 aromatic carbocycles. The van der Waals surface area contributed by atoms with Gasteiger partial charge in [-0.3, -0.25) is 0 Å². The van der Waals surface area contributed by atoms with Crippen molar-refractivity contribution in [1.82, 2.24) is 0 Å². The SMILES string of the molecule is C=CCc1cc(/C=C(/C#N)c2ccc3ccccc3c2)cc(OCC)c1OCc1cccc2ccccc12.